The Balaban J connectivity index is 1.87. The van der Waals surface area contributed by atoms with Crippen LogP contribution in [0.15, 0.2) is 28.7 Å². The normalized spacial score (nSPS) is 11.4. The minimum absolute atomic E-state index is 0.0961. The summed E-state index contributed by atoms with van der Waals surface area (Å²) in [6.07, 6.45) is 1.54. The van der Waals surface area contributed by atoms with Crippen LogP contribution in [0, 0.1) is 6.92 Å². The third-order valence-electron chi connectivity index (χ3n) is 3.75. The van der Waals surface area contributed by atoms with Crippen LogP contribution >= 0.6 is 0 Å². The van der Waals surface area contributed by atoms with Crippen LogP contribution in [0.2, 0.25) is 0 Å². The van der Waals surface area contributed by atoms with Crippen LogP contribution in [0.1, 0.15) is 54.9 Å². The van der Waals surface area contributed by atoms with Crippen LogP contribution in [0.25, 0.3) is 0 Å². The maximum Gasteiger partial charge on any atom is 0.255 e. The van der Waals surface area contributed by atoms with Gasteiger partial charge in [-0.1, -0.05) is 32.9 Å². The monoisotopic (exact) mass is 330 g/mol. The van der Waals surface area contributed by atoms with Crippen molar-refractivity contribution in [1.29, 1.82) is 0 Å². The number of carbonyl (C=O) groups is 1. The van der Waals surface area contributed by atoms with Gasteiger partial charge < -0.3 is 14.5 Å². The third kappa shape index (κ3) is 4.37. The summed E-state index contributed by atoms with van der Waals surface area (Å²) in [5.41, 5.74) is 1.38. The van der Waals surface area contributed by atoms with E-state index in [1.54, 1.807) is 19.2 Å². The van der Waals surface area contributed by atoms with E-state index in [9.17, 15) is 4.79 Å². The largest absolute Gasteiger partial charge is 0.496 e. The summed E-state index contributed by atoms with van der Waals surface area (Å²) in [5, 5.41) is 2.92. The number of hydrogen-bond donors (Lipinski definition) is 1. The zero-order valence-electron chi connectivity index (χ0n) is 15.1. The highest BCUT2D eigenvalue weighted by atomic mass is 16.5. The van der Waals surface area contributed by atoms with Crippen LogP contribution in [-0.2, 0) is 11.8 Å². The van der Waals surface area contributed by atoms with E-state index < -0.39 is 0 Å². The van der Waals surface area contributed by atoms with Gasteiger partial charge in [0.1, 0.15) is 11.5 Å². The van der Waals surface area contributed by atoms with Crippen molar-refractivity contribution in [3.63, 3.8) is 0 Å². The minimum atomic E-state index is -0.128. The van der Waals surface area contributed by atoms with E-state index in [4.69, 9.17) is 9.15 Å². The second-order valence-electron chi connectivity index (χ2n) is 6.84. The average Bonchev–Trinajstić information content (AvgIpc) is 2.92. The van der Waals surface area contributed by atoms with Gasteiger partial charge in [0.2, 0.25) is 0 Å². The molecule has 5 nitrogen and oxygen atoms in total. The average molecular weight is 330 g/mol. The third-order valence-corrected chi connectivity index (χ3v) is 3.75. The Morgan fingerprint density at radius 3 is 2.62 bits per heavy atom. The van der Waals surface area contributed by atoms with E-state index in [1.807, 2.05) is 19.1 Å². The first-order valence-corrected chi connectivity index (χ1v) is 8.21. The molecule has 1 N–H and O–H groups in total. The van der Waals surface area contributed by atoms with Crippen molar-refractivity contribution in [3.05, 3.63) is 47.2 Å². The van der Waals surface area contributed by atoms with Crippen molar-refractivity contribution < 1.29 is 13.9 Å². The predicted molar refractivity (Wildman–Crippen MR) is 93.6 cm³/mol. The molecule has 0 radical (unpaired) electrons. The molecule has 0 aliphatic carbocycles. The van der Waals surface area contributed by atoms with E-state index in [0.29, 0.717) is 17.9 Å². The number of oxazole rings is 1. The lowest BCUT2D eigenvalue weighted by molar-refractivity contribution is 0.0950. The van der Waals surface area contributed by atoms with Gasteiger partial charge in [-0.05, 0) is 25.5 Å². The molecule has 0 atom stereocenters. The number of methoxy groups -OCH3 is 1. The van der Waals surface area contributed by atoms with Crippen molar-refractivity contribution in [3.8, 4) is 5.75 Å². The van der Waals surface area contributed by atoms with E-state index in [0.717, 1.165) is 30.2 Å². The van der Waals surface area contributed by atoms with Gasteiger partial charge in [-0.25, -0.2) is 4.98 Å². The van der Waals surface area contributed by atoms with Gasteiger partial charge in [-0.2, -0.15) is 0 Å². The molecule has 24 heavy (non-hydrogen) atoms. The van der Waals surface area contributed by atoms with Crippen LogP contribution in [0.5, 0.6) is 5.75 Å². The zero-order chi connectivity index (χ0) is 17.7. The van der Waals surface area contributed by atoms with Crippen molar-refractivity contribution in [2.24, 2.45) is 0 Å². The molecule has 0 bridgehead atoms. The summed E-state index contributed by atoms with van der Waals surface area (Å²) in [4.78, 5) is 16.7. The number of aryl methyl sites for hydroxylation is 2. The predicted octanol–water partition coefficient (Wildman–Crippen LogP) is 3.65. The maximum absolute atomic E-state index is 12.2. The molecule has 1 aromatic carbocycles. The Labute approximate surface area is 143 Å². The van der Waals surface area contributed by atoms with E-state index in [-0.39, 0.29) is 11.3 Å². The number of amides is 1. The lowest BCUT2D eigenvalue weighted by Gasteiger charge is -2.12. The number of rotatable bonds is 6. The number of hydrogen-bond acceptors (Lipinski definition) is 4. The van der Waals surface area contributed by atoms with Gasteiger partial charge in [0.15, 0.2) is 5.89 Å². The van der Waals surface area contributed by atoms with Crippen LogP contribution in [0.4, 0.5) is 0 Å². The molecular weight excluding hydrogens is 304 g/mol. The Kier molecular flexibility index (Phi) is 5.65. The number of para-hydroxylation sites is 1. The summed E-state index contributed by atoms with van der Waals surface area (Å²) < 4.78 is 11.1. The molecule has 0 aliphatic heterocycles. The highest BCUT2D eigenvalue weighted by Gasteiger charge is 2.22. The number of ether oxygens (including phenoxy) is 1. The van der Waals surface area contributed by atoms with Crippen molar-refractivity contribution in [2.75, 3.05) is 13.7 Å². The SMILES string of the molecule is COc1ccccc1C(=O)NCCCc1oc(C(C)(C)C)nc1C. The fourth-order valence-electron chi connectivity index (χ4n) is 2.36. The fraction of sp³-hybridized carbons (Fsp3) is 0.474. The molecule has 1 amide bonds. The molecule has 0 unspecified atom stereocenters. The zero-order valence-corrected chi connectivity index (χ0v) is 15.1. The molecule has 1 aromatic heterocycles. The molecule has 2 aromatic rings. The number of nitrogens with zero attached hydrogens (tertiary/aromatic N) is 1. The second-order valence-corrected chi connectivity index (χ2v) is 6.84. The lowest BCUT2D eigenvalue weighted by Crippen LogP contribution is -2.25. The van der Waals surface area contributed by atoms with Crippen LogP contribution < -0.4 is 10.1 Å². The molecule has 2 rings (SSSR count). The standard InChI is InChI=1S/C19H26N2O3/c1-13-15(24-18(21-13)19(2,3)4)11-8-12-20-17(22)14-9-6-7-10-16(14)23-5/h6-7,9-10H,8,11-12H2,1-5H3,(H,20,22). The molecule has 0 aliphatic rings. The highest BCUT2D eigenvalue weighted by Crippen LogP contribution is 2.24. The molecule has 130 valence electrons. The van der Waals surface area contributed by atoms with Gasteiger partial charge in [0.25, 0.3) is 5.91 Å². The van der Waals surface area contributed by atoms with Gasteiger partial charge in [0, 0.05) is 18.4 Å². The smallest absolute Gasteiger partial charge is 0.255 e. The highest BCUT2D eigenvalue weighted by molar-refractivity contribution is 5.96. The summed E-state index contributed by atoms with van der Waals surface area (Å²) in [7, 11) is 1.56. The van der Waals surface area contributed by atoms with Gasteiger partial charge >= 0.3 is 0 Å². The van der Waals surface area contributed by atoms with Gasteiger partial charge in [-0.15, -0.1) is 0 Å². The molecule has 5 heteroatoms. The minimum Gasteiger partial charge on any atom is -0.496 e. The summed E-state index contributed by atoms with van der Waals surface area (Å²) in [5.74, 6) is 2.10. The topological polar surface area (TPSA) is 64.4 Å². The molecular formula is C19H26N2O3. The molecule has 0 fully saturated rings. The fourth-order valence-corrected chi connectivity index (χ4v) is 2.36. The van der Waals surface area contributed by atoms with E-state index >= 15 is 0 Å². The van der Waals surface area contributed by atoms with Gasteiger partial charge in [-0.3, -0.25) is 4.79 Å². The second kappa shape index (κ2) is 7.51. The Morgan fingerprint density at radius 1 is 1.29 bits per heavy atom. The number of nitrogens with one attached hydrogen (secondary N) is 1. The van der Waals surface area contributed by atoms with Crippen LogP contribution in [-0.4, -0.2) is 24.5 Å². The number of benzene rings is 1. The van der Waals surface area contributed by atoms with Crippen molar-refractivity contribution in [1.82, 2.24) is 10.3 Å². The van der Waals surface area contributed by atoms with E-state index in [1.165, 1.54) is 0 Å². The lowest BCUT2D eigenvalue weighted by atomic mass is 9.97. The quantitative estimate of drug-likeness (QED) is 0.821. The Hall–Kier alpha value is -2.30. The van der Waals surface area contributed by atoms with Crippen molar-refractivity contribution in [2.45, 2.75) is 46.0 Å². The number of aromatic nitrogens is 1. The first-order chi connectivity index (χ1) is 11.3. The van der Waals surface area contributed by atoms with E-state index in [2.05, 4.69) is 31.1 Å². The maximum atomic E-state index is 12.2. The molecule has 0 saturated heterocycles. The Bertz CT molecular complexity index is 699. The first kappa shape index (κ1) is 18.0. The molecule has 1 heterocycles. The number of carbonyl (C=O) groups excluding carboxylic acids is 1. The summed E-state index contributed by atoms with van der Waals surface area (Å²) >= 11 is 0. The van der Waals surface area contributed by atoms with Gasteiger partial charge in [0.05, 0.1) is 18.4 Å². The van der Waals surface area contributed by atoms with Crippen molar-refractivity contribution >= 4 is 5.91 Å². The van der Waals surface area contributed by atoms with Crippen LogP contribution in [0.3, 0.4) is 0 Å². The Morgan fingerprint density at radius 2 is 2.00 bits per heavy atom. The summed E-state index contributed by atoms with van der Waals surface area (Å²) in [6.45, 7) is 8.77. The molecule has 0 saturated carbocycles. The summed E-state index contributed by atoms with van der Waals surface area (Å²) in [6, 6.07) is 7.20. The molecule has 0 spiro atoms. The first-order valence-electron chi connectivity index (χ1n) is 8.21.